The highest BCUT2D eigenvalue weighted by molar-refractivity contribution is 5.96. The van der Waals surface area contributed by atoms with E-state index < -0.39 is 48.0 Å². The Kier molecular flexibility index (Phi) is 14.3. The molecule has 7 N–H and O–H groups in total. The molecule has 12 nitrogen and oxygen atoms in total. The van der Waals surface area contributed by atoms with Gasteiger partial charge >= 0.3 is 18.1 Å². The van der Waals surface area contributed by atoms with Crippen LogP contribution in [0.15, 0.2) is 60.7 Å². The minimum absolute atomic E-state index is 0.129. The molecule has 280 valence electrons. The number of phenolic OH excluding ortho intramolecular Hbond substituents is 1. The fourth-order valence-corrected chi connectivity index (χ4v) is 5.70. The number of rotatable bonds is 12. The Hall–Kier alpha value is -5.51. The summed E-state index contributed by atoms with van der Waals surface area (Å²) in [5.41, 5.74) is 11.0. The first-order valence-electron chi connectivity index (χ1n) is 16.2. The fourth-order valence-electron chi connectivity index (χ4n) is 5.70. The van der Waals surface area contributed by atoms with Gasteiger partial charge in [0.1, 0.15) is 23.7 Å². The van der Waals surface area contributed by atoms with Gasteiger partial charge in [-0.3, -0.25) is 14.4 Å². The van der Waals surface area contributed by atoms with Gasteiger partial charge in [0.2, 0.25) is 11.8 Å². The molecule has 1 heterocycles. The predicted molar refractivity (Wildman–Crippen MR) is 180 cm³/mol. The van der Waals surface area contributed by atoms with Crippen LogP contribution in [0.3, 0.4) is 0 Å². The van der Waals surface area contributed by atoms with Gasteiger partial charge < -0.3 is 36.6 Å². The number of carboxylic acids is 2. The van der Waals surface area contributed by atoms with Crippen LogP contribution in [0.25, 0.3) is 0 Å². The van der Waals surface area contributed by atoms with E-state index in [9.17, 15) is 47.0 Å². The first-order valence-corrected chi connectivity index (χ1v) is 16.2. The van der Waals surface area contributed by atoms with Gasteiger partial charge in [-0.25, -0.2) is 14.0 Å². The number of nitrogens with two attached hydrogens (primary N) is 1. The number of carbonyl (C=O) groups excluding carboxylic acids is 3. The summed E-state index contributed by atoms with van der Waals surface area (Å²) >= 11 is 0. The molecule has 1 aliphatic rings. The summed E-state index contributed by atoms with van der Waals surface area (Å²) in [5.74, 6) is -5.61. The maximum Gasteiger partial charge on any atom is 0.490 e. The smallest absolute Gasteiger partial charge is 0.490 e. The largest absolute Gasteiger partial charge is 0.508 e. The molecule has 0 bridgehead atoms. The molecule has 0 fully saturated rings. The molecular weight excluding hydrogens is 692 g/mol. The SMILES string of the molecule is Cc1cc(O)cc(C)c1C[C@H](N)C(=O)N1Cc2ccccc2C[C@H]1C(=O)NCCCC[C@H](NC(=O)c1ccc(F)cc1)C(=O)O.O=C(O)C(F)(F)F. The van der Waals surface area contributed by atoms with Crippen LogP contribution in [0.1, 0.15) is 57.4 Å². The maximum absolute atomic E-state index is 13.7. The minimum atomic E-state index is -5.08. The van der Waals surface area contributed by atoms with E-state index in [-0.39, 0.29) is 49.1 Å². The Bertz CT molecular complexity index is 1740. The number of aliphatic carboxylic acids is 2. The van der Waals surface area contributed by atoms with E-state index in [1.165, 1.54) is 17.0 Å². The molecule has 0 unspecified atom stereocenters. The highest BCUT2D eigenvalue weighted by Crippen LogP contribution is 2.26. The van der Waals surface area contributed by atoms with Crippen LogP contribution in [0.2, 0.25) is 0 Å². The molecule has 0 aliphatic carbocycles. The topological polar surface area (TPSA) is 199 Å². The molecular formula is C36H40F4N4O8. The lowest BCUT2D eigenvalue weighted by Gasteiger charge is -2.37. The van der Waals surface area contributed by atoms with Crippen LogP contribution in [0.5, 0.6) is 5.75 Å². The number of nitrogens with one attached hydrogen (secondary N) is 2. The van der Waals surface area contributed by atoms with E-state index in [0.717, 1.165) is 39.9 Å². The van der Waals surface area contributed by atoms with Gasteiger partial charge in [-0.1, -0.05) is 24.3 Å². The van der Waals surface area contributed by atoms with Crippen molar-refractivity contribution in [3.8, 4) is 5.75 Å². The third-order valence-electron chi connectivity index (χ3n) is 8.43. The summed E-state index contributed by atoms with van der Waals surface area (Å²) in [6, 6.07) is 12.9. The van der Waals surface area contributed by atoms with Gasteiger partial charge in [-0.2, -0.15) is 13.2 Å². The Morgan fingerprint density at radius 3 is 2.08 bits per heavy atom. The van der Waals surface area contributed by atoms with Gasteiger partial charge in [0, 0.05) is 25.1 Å². The lowest BCUT2D eigenvalue weighted by molar-refractivity contribution is -0.192. The predicted octanol–water partition coefficient (Wildman–Crippen LogP) is 3.77. The number of unbranched alkanes of at least 4 members (excludes halogenated alkanes) is 1. The number of aromatic hydroxyl groups is 1. The Morgan fingerprint density at radius 2 is 1.52 bits per heavy atom. The van der Waals surface area contributed by atoms with Crippen LogP contribution >= 0.6 is 0 Å². The number of hydrogen-bond acceptors (Lipinski definition) is 7. The Morgan fingerprint density at radius 1 is 0.942 bits per heavy atom. The molecule has 0 radical (unpaired) electrons. The monoisotopic (exact) mass is 732 g/mol. The van der Waals surface area contributed by atoms with Crippen LogP contribution in [-0.2, 0) is 38.6 Å². The quantitative estimate of drug-likeness (QED) is 0.119. The van der Waals surface area contributed by atoms with Crippen molar-refractivity contribution in [2.24, 2.45) is 5.73 Å². The summed E-state index contributed by atoms with van der Waals surface area (Å²) in [4.78, 5) is 61.7. The van der Waals surface area contributed by atoms with Gasteiger partial charge in [0.05, 0.1) is 6.04 Å². The number of amides is 3. The number of benzene rings is 3. The van der Waals surface area contributed by atoms with Crippen molar-refractivity contribution in [1.82, 2.24) is 15.5 Å². The van der Waals surface area contributed by atoms with Gasteiger partial charge in [0.25, 0.3) is 5.91 Å². The number of nitrogens with zero attached hydrogens (tertiary/aromatic N) is 1. The summed E-state index contributed by atoms with van der Waals surface area (Å²) in [5, 5.41) is 31.9. The Balaban J connectivity index is 0.000000944. The second-order valence-electron chi connectivity index (χ2n) is 12.3. The first kappa shape index (κ1) is 40.9. The van der Waals surface area contributed by atoms with Crippen molar-refractivity contribution in [3.05, 3.63) is 99.9 Å². The minimum Gasteiger partial charge on any atom is -0.508 e. The van der Waals surface area contributed by atoms with Gasteiger partial charge in [0.15, 0.2) is 0 Å². The molecule has 16 heteroatoms. The van der Waals surface area contributed by atoms with Gasteiger partial charge in [-0.05, 0) is 104 Å². The number of halogens is 4. The average molecular weight is 733 g/mol. The molecule has 0 saturated carbocycles. The zero-order chi connectivity index (χ0) is 38.7. The van der Waals surface area contributed by atoms with Crippen molar-refractivity contribution >= 4 is 29.7 Å². The van der Waals surface area contributed by atoms with E-state index >= 15 is 0 Å². The van der Waals surface area contributed by atoms with E-state index in [4.69, 9.17) is 15.6 Å². The zero-order valence-corrected chi connectivity index (χ0v) is 28.4. The third-order valence-corrected chi connectivity index (χ3v) is 8.43. The normalized spacial score (nSPS) is 14.9. The number of aryl methyl sites for hydroxylation is 2. The second-order valence-corrected chi connectivity index (χ2v) is 12.3. The van der Waals surface area contributed by atoms with Crippen molar-refractivity contribution in [1.29, 1.82) is 0 Å². The molecule has 1 aliphatic heterocycles. The average Bonchev–Trinajstić information content (AvgIpc) is 3.08. The maximum atomic E-state index is 13.7. The molecule has 0 saturated heterocycles. The summed E-state index contributed by atoms with van der Waals surface area (Å²) in [6.45, 7) is 4.19. The van der Waals surface area contributed by atoms with Crippen LogP contribution in [0, 0.1) is 19.7 Å². The molecule has 3 aromatic rings. The van der Waals surface area contributed by atoms with E-state index in [1.54, 1.807) is 12.1 Å². The standard InChI is InChI=1S/C34H39FN4O6.C2HF3O2/c1-20-15-26(40)16-21(2)27(20)18-28(36)33(43)39-19-24-8-4-3-7-23(24)17-30(39)32(42)37-14-6-5-9-29(34(44)45)38-31(41)22-10-12-25(35)13-11-22;3-2(4,5)1(6)7/h3-4,7-8,10-13,15-16,28-30,40H,5-6,9,14,17-19,36H2,1-2H3,(H,37,42)(H,38,41)(H,44,45);(H,6,7)/t28-,29-,30-;/m0./s1. The van der Waals surface area contributed by atoms with Crippen molar-refractivity contribution in [2.45, 2.75) is 76.8 Å². The summed E-state index contributed by atoms with van der Waals surface area (Å²) < 4.78 is 44.9. The molecule has 52 heavy (non-hydrogen) atoms. The number of phenols is 1. The highest BCUT2D eigenvalue weighted by Gasteiger charge is 2.38. The summed E-state index contributed by atoms with van der Waals surface area (Å²) in [6.07, 6.45) is -3.53. The number of fused-ring (bicyclic) bond motifs is 1. The number of alkyl halides is 3. The van der Waals surface area contributed by atoms with E-state index in [1.807, 2.05) is 38.1 Å². The fraction of sp³-hybridized carbons (Fsp3) is 0.361. The zero-order valence-electron chi connectivity index (χ0n) is 28.4. The molecule has 0 spiro atoms. The lowest BCUT2D eigenvalue weighted by Crippen LogP contribution is -2.56. The van der Waals surface area contributed by atoms with E-state index in [0.29, 0.717) is 19.3 Å². The molecule has 0 aromatic heterocycles. The van der Waals surface area contributed by atoms with Crippen LogP contribution < -0.4 is 16.4 Å². The molecule has 3 aromatic carbocycles. The van der Waals surface area contributed by atoms with E-state index in [2.05, 4.69) is 10.6 Å². The van der Waals surface area contributed by atoms with Crippen LogP contribution in [-0.4, -0.2) is 80.7 Å². The van der Waals surface area contributed by atoms with Gasteiger partial charge in [-0.15, -0.1) is 0 Å². The lowest BCUT2D eigenvalue weighted by atomic mass is 9.91. The molecule has 4 rings (SSSR count). The highest BCUT2D eigenvalue weighted by atomic mass is 19.4. The number of carbonyl (C=O) groups is 5. The molecule has 3 amide bonds. The van der Waals surface area contributed by atoms with Crippen molar-refractivity contribution in [3.63, 3.8) is 0 Å². The number of hydrogen-bond donors (Lipinski definition) is 6. The second kappa shape index (κ2) is 18.1. The van der Waals surface area contributed by atoms with Crippen LogP contribution in [0.4, 0.5) is 17.6 Å². The van der Waals surface area contributed by atoms with Crippen molar-refractivity contribution in [2.75, 3.05) is 6.54 Å². The summed E-state index contributed by atoms with van der Waals surface area (Å²) in [7, 11) is 0. The third kappa shape index (κ3) is 11.5. The van der Waals surface area contributed by atoms with Crippen molar-refractivity contribution < 1.29 is 56.9 Å². The number of carboxylic acid groups (broad SMARTS) is 2. The Labute approximate surface area is 296 Å². The first-order chi connectivity index (χ1) is 24.4. The molecule has 3 atom stereocenters.